The van der Waals surface area contributed by atoms with Gasteiger partial charge in [0.2, 0.25) is 10.0 Å². The number of rotatable bonds is 8. The first-order valence-electron chi connectivity index (χ1n) is 10.9. The van der Waals surface area contributed by atoms with Gasteiger partial charge >= 0.3 is 12.1 Å². The fourth-order valence-electron chi connectivity index (χ4n) is 4.26. The average molecular weight is 517 g/mol. The molecule has 2 aromatic rings. The number of carbonyl (C=O) groups is 2. The highest BCUT2D eigenvalue weighted by Crippen LogP contribution is 2.32. The fourth-order valence-corrected chi connectivity index (χ4v) is 5.73. The summed E-state index contributed by atoms with van der Waals surface area (Å²) in [5, 5.41) is 0. The van der Waals surface area contributed by atoms with Crippen LogP contribution in [-0.4, -0.2) is 62.0 Å². The van der Waals surface area contributed by atoms with Crippen LogP contribution in [0.5, 0.6) is 0 Å². The number of ketones is 1. The van der Waals surface area contributed by atoms with E-state index < -0.39 is 51.1 Å². The van der Waals surface area contributed by atoms with Crippen LogP contribution in [0.1, 0.15) is 50.5 Å². The number of methoxy groups -OCH3 is 1. The Hall–Kier alpha value is -2.70. The van der Waals surface area contributed by atoms with Crippen LogP contribution in [0.15, 0.2) is 29.2 Å². The van der Waals surface area contributed by atoms with Crippen molar-refractivity contribution in [1.29, 1.82) is 0 Å². The van der Waals surface area contributed by atoms with Crippen molar-refractivity contribution >= 4 is 21.8 Å². The van der Waals surface area contributed by atoms with Gasteiger partial charge in [0.05, 0.1) is 30.2 Å². The number of nitrogens with zero attached hydrogens (tertiary/aromatic N) is 2. The van der Waals surface area contributed by atoms with Crippen molar-refractivity contribution in [1.82, 2.24) is 8.87 Å². The summed E-state index contributed by atoms with van der Waals surface area (Å²) >= 11 is 0. The Morgan fingerprint density at radius 2 is 1.94 bits per heavy atom. The van der Waals surface area contributed by atoms with E-state index in [9.17, 15) is 31.2 Å². The van der Waals surface area contributed by atoms with Crippen LogP contribution in [0.3, 0.4) is 0 Å². The lowest BCUT2D eigenvalue weighted by molar-refractivity contribution is -0.137. The van der Waals surface area contributed by atoms with Crippen molar-refractivity contribution in [2.75, 3.05) is 26.8 Å². The van der Waals surface area contributed by atoms with Crippen molar-refractivity contribution in [3.63, 3.8) is 0 Å². The maximum absolute atomic E-state index is 13.4. The highest BCUT2D eigenvalue weighted by atomic mass is 32.2. The second kappa shape index (κ2) is 10.1. The highest BCUT2D eigenvalue weighted by Gasteiger charge is 2.36. The maximum Gasteiger partial charge on any atom is 0.416 e. The molecule has 1 aromatic heterocycles. The number of carbonyl (C=O) groups excluding carboxylic acids is 2. The molecule has 1 unspecified atom stereocenters. The van der Waals surface area contributed by atoms with Crippen LogP contribution in [0, 0.1) is 13.8 Å². The van der Waals surface area contributed by atoms with Gasteiger partial charge in [0.1, 0.15) is 5.69 Å². The van der Waals surface area contributed by atoms with Crippen molar-refractivity contribution in [2.24, 2.45) is 7.05 Å². The second-order valence-electron chi connectivity index (χ2n) is 8.37. The number of aromatic nitrogens is 1. The molecule has 1 saturated heterocycles. The summed E-state index contributed by atoms with van der Waals surface area (Å²) in [5.41, 5.74) is -0.0412. The third-order valence-electron chi connectivity index (χ3n) is 6.14. The van der Waals surface area contributed by atoms with E-state index in [0.29, 0.717) is 36.8 Å². The van der Waals surface area contributed by atoms with Gasteiger partial charge in [0.25, 0.3) is 0 Å². The summed E-state index contributed by atoms with van der Waals surface area (Å²) in [7, 11) is -1.71. The Balaban J connectivity index is 2.02. The summed E-state index contributed by atoms with van der Waals surface area (Å²) in [6.07, 6.45) is -3.97. The monoisotopic (exact) mass is 516 g/mol. The van der Waals surface area contributed by atoms with Crippen LogP contribution in [-0.2, 0) is 32.7 Å². The van der Waals surface area contributed by atoms with Crippen molar-refractivity contribution in [3.05, 3.63) is 52.3 Å². The molecule has 1 atom stereocenters. The maximum atomic E-state index is 13.4. The van der Waals surface area contributed by atoms with Crippen LogP contribution >= 0.6 is 0 Å². The molecule has 8 nitrogen and oxygen atoms in total. The predicted molar refractivity (Wildman–Crippen MR) is 120 cm³/mol. The quantitative estimate of drug-likeness (QED) is 0.394. The van der Waals surface area contributed by atoms with Gasteiger partial charge in [-0.1, -0.05) is 6.07 Å². The molecule has 0 saturated carbocycles. The normalized spacial score (nSPS) is 16.6. The largest absolute Gasteiger partial charge is 0.464 e. The smallest absolute Gasteiger partial charge is 0.416 e. The number of benzene rings is 1. The summed E-state index contributed by atoms with van der Waals surface area (Å²) in [4.78, 5) is 25.0. The summed E-state index contributed by atoms with van der Waals surface area (Å²) in [6, 6.07) is 3.40. The van der Waals surface area contributed by atoms with E-state index in [4.69, 9.17) is 9.47 Å². The standard InChI is InChI=1S/C23H27F3N2O6S/c1-14-20(15(2)27(3)21(14)22(30)33-4)19(29)13-28(12-17-8-6-10-34-17)35(31,32)18-9-5-7-16(11-18)23(24,25)26/h5,7,9,11,17H,6,8,10,12-13H2,1-4H3. The minimum Gasteiger partial charge on any atom is -0.464 e. The Bertz CT molecular complexity index is 1230. The van der Waals surface area contributed by atoms with Crippen LogP contribution in [0.4, 0.5) is 13.2 Å². The number of alkyl halides is 3. The van der Waals surface area contributed by atoms with Crippen molar-refractivity contribution in [2.45, 2.75) is 43.9 Å². The lowest BCUT2D eigenvalue weighted by atomic mass is 10.1. The zero-order valence-electron chi connectivity index (χ0n) is 19.8. The summed E-state index contributed by atoms with van der Waals surface area (Å²) in [5.74, 6) is -1.25. The minimum atomic E-state index is -4.73. The Labute approximate surface area is 201 Å². The molecule has 192 valence electrons. The third-order valence-corrected chi connectivity index (χ3v) is 7.95. The van der Waals surface area contributed by atoms with Gasteiger partial charge in [0, 0.05) is 31.5 Å². The van der Waals surface area contributed by atoms with E-state index in [1.54, 1.807) is 20.9 Å². The fraction of sp³-hybridized carbons (Fsp3) is 0.478. The minimum absolute atomic E-state index is 0.153. The molecule has 1 aliphatic rings. The zero-order valence-corrected chi connectivity index (χ0v) is 20.6. The van der Waals surface area contributed by atoms with Gasteiger partial charge in [-0.3, -0.25) is 4.79 Å². The Morgan fingerprint density at radius 1 is 1.26 bits per heavy atom. The van der Waals surface area contributed by atoms with E-state index >= 15 is 0 Å². The second-order valence-corrected chi connectivity index (χ2v) is 10.3. The SMILES string of the molecule is COC(=O)c1c(C)c(C(=O)CN(CC2CCCO2)S(=O)(=O)c2cccc(C(F)(F)F)c2)c(C)n1C. The number of hydrogen-bond donors (Lipinski definition) is 0. The van der Waals surface area contributed by atoms with E-state index in [2.05, 4.69) is 0 Å². The van der Waals surface area contributed by atoms with Gasteiger partial charge in [0.15, 0.2) is 5.78 Å². The van der Waals surface area contributed by atoms with Crippen LogP contribution in [0.2, 0.25) is 0 Å². The van der Waals surface area contributed by atoms with Gasteiger partial charge in [-0.15, -0.1) is 0 Å². The number of sulfonamides is 1. The molecule has 2 heterocycles. The van der Waals surface area contributed by atoms with E-state index in [1.165, 1.54) is 11.7 Å². The average Bonchev–Trinajstić information content (AvgIpc) is 3.38. The number of ether oxygens (including phenoxy) is 2. The molecule has 1 aliphatic heterocycles. The molecular weight excluding hydrogens is 489 g/mol. The molecule has 1 fully saturated rings. The predicted octanol–water partition coefficient (Wildman–Crippen LogP) is 3.50. The van der Waals surface area contributed by atoms with Gasteiger partial charge < -0.3 is 14.0 Å². The van der Waals surface area contributed by atoms with E-state index in [-0.39, 0.29) is 17.8 Å². The molecule has 0 bridgehead atoms. The van der Waals surface area contributed by atoms with Crippen molar-refractivity contribution in [3.8, 4) is 0 Å². The Morgan fingerprint density at radius 3 is 2.51 bits per heavy atom. The first-order valence-corrected chi connectivity index (χ1v) is 12.3. The Kier molecular flexibility index (Phi) is 7.77. The van der Waals surface area contributed by atoms with Crippen LogP contribution in [0.25, 0.3) is 0 Å². The molecule has 0 radical (unpaired) electrons. The van der Waals surface area contributed by atoms with Crippen molar-refractivity contribution < 1.29 is 40.7 Å². The van der Waals surface area contributed by atoms with Gasteiger partial charge in [-0.05, 0) is 50.5 Å². The van der Waals surface area contributed by atoms with Gasteiger partial charge in [-0.2, -0.15) is 17.5 Å². The van der Waals surface area contributed by atoms with Gasteiger partial charge in [-0.25, -0.2) is 13.2 Å². The summed E-state index contributed by atoms with van der Waals surface area (Å²) in [6.45, 7) is 2.76. The molecule has 0 spiro atoms. The molecule has 3 rings (SSSR count). The molecule has 12 heteroatoms. The molecule has 0 N–H and O–H groups in total. The number of Topliss-reactive ketones (excluding diaryl/α,β-unsaturated/α-hetero) is 1. The molecule has 0 amide bonds. The molecular formula is C23H27F3N2O6S. The third kappa shape index (κ3) is 5.44. The number of halogens is 3. The molecule has 35 heavy (non-hydrogen) atoms. The number of hydrogen-bond acceptors (Lipinski definition) is 6. The van der Waals surface area contributed by atoms with E-state index in [1.807, 2.05) is 0 Å². The topological polar surface area (TPSA) is 94.9 Å². The lowest BCUT2D eigenvalue weighted by Crippen LogP contribution is -2.41. The number of esters is 1. The molecule has 1 aromatic carbocycles. The first-order chi connectivity index (χ1) is 16.3. The zero-order chi connectivity index (χ0) is 26.1. The lowest BCUT2D eigenvalue weighted by Gasteiger charge is -2.25. The molecule has 0 aliphatic carbocycles. The first kappa shape index (κ1) is 26.9. The summed E-state index contributed by atoms with van der Waals surface area (Å²) < 4.78 is 79.2. The van der Waals surface area contributed by atoms with E-state index in [0.717, 1.165) is 22.5 Å². The van der Waals surface area contributed by atoms with Crippen LogP contribution < -0.4 is 0 Å². The highest BCUT2D eigenvalue weighted by molar-refractivity contribution is 7.89.